The molecule has 6 heteroatoms. The van der Waals surface area contributed by atoms with Crippen molar-refractivity contribution < 1.29 is 18.7 Å². The third kappa shape index (κ3) is 4.32. The number of hydrogen-bond donors (Lipinski definition) is 0. The number of benzene rings is 1. The largest absolute Gasteiger partial charge is 0.381 e. The van der Waals surface area contributed by atoms with Crippen LogP contribution in [0.4, 0.5) is 4.39 Å². The topological polar surface area (TPSA) is 49.9 Å². The summed E-state index contributed by atoms with van der Waals surface area (Å²) >= 11 is 0. The fourth-order valence-electron chi connectivity index (χ4n) is 3.24. The van der Waals surface area contributed by atoms with E-state index in [0.29, 0.717) is 32.7 Å². The van der Waals surface area contributed by atoms with E-state index >= 15 is 0 Å². The molecule has 3 rings (SSSR count). The van der Waals surface area contributed by atoms with Gasteiger partial charge < -0.3 is 14.5 Å². The number of piperazine rings is 1. The van der Waals surface area contributed by atoms with Crippen molar-refractivity contribution in [3.05, 3.63) is 35.6 Å². The lowest BCUT2D eigenvalue weighted by atomic mass is 9.98. The van der Waals surface area contributed by atoms with Crippen molar-refractivity contribution in [1.82, 2.24) is 9.80 Å². The first kappa shape index (κ1) is 16.9. The zero-order valence-corrected chi connectivity index (χ0v) is 13.7. The van der Waals surface area contributed by atoms with Crippen LogP contribution in [0.1, 0.15) is 24.8 Å². The first-order valence-corrected chi connectivity index (χ1v) is 8.49. The minimum Gasteiger partial charge on any atom is -0.381 e. The highest BCUT2D eigenvalue weighted by atomic mass is 19.1. The molecule has 0 bridgehead atoms. The van der Waals surface area contributed by atoms with Crippen LogP contribution in [-0.2, 0) is 20.9 Å². The lowest BCUT2D eigenvalue weighted by molar-refractivity contribution is -0.146. The summed E-state index contributed by atoms with van der Waals surface area (Å²) in [6, 6.07) is 6.16. The molecule has 2 heterocycles. The molecule has 130 valence electrons. The number of nitrogens with zero attached hydrogens (tertiary/aromatic N) is 2. The minimum absolute atomic E-state index is 0.0419. The summed E-state index contributed by atoms with van der Waals surface area (Å²) in [6.45, 7) is 3.09. The molecule has 2 aliphatic rings. The van der Waals surface area contributed by atoms with Gasteiger partial charge in [-0.15, -0.1) is 0 Å². The fourth-order valence-corrected chi connectivity index (χ4v) is 3.24. The van der Waals surface area contributed by atoms with Gasteiger partial charge in [-0.3, -0.25) is 9.59 Å². The van der Waals surface area contributed by atoms with Gasteiger partial charge in [0.05, 0.1) is 6.54 Å². The molecule has 2 aliphatic heterocycles. The minimum atomic E-state index is -0.285. The van der Waals surface area contributed by atoms with Gasteiger partial charge in [0, 0.05) is 39.3 Å². The quantitative estimate of drug-likeness (QED) is 0.844. The number of carbonyl (C=O) groups excluding carboxylic acids is 2. The Kier molecular flexibility index (Phi) is 5.45. The van der Waals surface area contributed by atoms with Crippen LogP contribution >= 0.6 is 0 Å². The summed E-state index contributed by atoms with van der Waals surface area (Å²) in [7, 11) is 0. The lowest BCUT2D eigenvalue weighted by Crippen LogP contribution is -2.52. The summed E-state index contributed by atoms with van der Waals surface area (Å²) in [4.78, 5) is 28.1. The van der Waals surface area contributed by atoms with Crippen LogP contribution in [0.25, 0.3) is 0 Å². The zero-order valence-electron chi connectivity index (χ0n) is 13.7. The summed E-state index contributed by atoms with van der Waals surface area (Å²) in [5.41, 5.74) is 0.892. The maximum Gasteiger partial charge on any atom is 0.242 e. The Morgan fingerprint density at radius 3 is 2.71 bits per heavy atom. The Bertz CT molecular complexity index is 584. The maximum absolute atomic E-state index is 12.9. The molecule has 0 saturated carbocycles. The second kappa shape index (κ2) is 7.75. The predicted octanol–water partition coefficient (Wildman–Crippen LogP) is 1.81. The third-order valence-corrected chi connectivity index (χ3v) is 4.68. The van der Waals surface area contributed by atoms with Crippen LogP contribution in [0, 0.1) is 11.7 Å². The molecule has 0 unspecified atom stereocenters. The average Bonchev–Trinajstić information content (AvgIpc) is 2.59. The smallest absolute Gasteiger partial charge is 0.242 e. The highest BCUT2D eigenvalue weighted by Crippen LogP contribution is 2.19. The van der Waals surface area contributed by atoms with E-state index in [-0.39, 0.29) is 30.1 Å². The Morgan fingerprint density at radius 1 is 1.25 bits per heavy atom. The van der Waals surface area contributed by atoms with E-state index in [0.717, 1.165) is 25.0 Å². The Balaban J connectivity index is 1.50. The van der Waals surface area contributed by atoms with Crippen molar-refractivity contribution in [2.24, 2.45) is 5.92 Å². The van der Waals surface area contributed by atoms with Gasteiger partial charge in [-0.2, -0.15) is 0 Å². The van der Waals surface area contributed by atoms with Crippen LogP contribution in [0.3, 0.4) is 0 Å². The Hall–Kier alpha value is -1.95. The van der Waals surface area contributed by atoms with Gasteiger partial charge >= 0.3 is 0 Å². The number of halogens is 1. The van der Waals surface area contributed by atoms with E-state index in [1.54, 1.807) is 21.9 Å². The lowest BCUT2D eigenvalue weighted by Gasteiger charge is -2.35. The molecule has 2 fully saturated rings. The van der Waals surface area contributed by atoms with Crippen LogP contribution in [0.5, 0.6) is 0 Å². The zero-order chi connectivity index (χ0) is 16.9. The standard InChI is InChI=1S/C18H23FN2O3/c19-16-5-3-14(4-6-16)11-20-7-8-21(12-18(20)23)17(22)10-15-2-1-9-24-13-15/h3-6,15H,1-2,7-13H2/t15-/m1/s1. The highest BCUT2D eigenvalue weighted by molar-refractivity contribution is 5.86. The van der Waals surface area contributed by atoms with Crippen molar-refractivity contribution in [1.29, 1.82) is 0 Å². The van der Waals surface area contributed by atoms with Crippen molar-refractivity contribution in [3.63, 3.8) is 0 Å². The van der Waals surface area contributed by atoms with Crippen LogP contribution in [-0.4, -0.2) is 54.5 Å². The van der Waals surface area contributed by atoms with Gasteiger partial charge in [0.2, 0.25) is 11.8 Å². The van der Waals surface area contributed by atoms with E-state index in [1.165, 1.54) is 12.1 Å². The molecule has 0 aliphatic carbocycles. The van der Waals surface area contributed by atoms with Crippen molar-refractivity contribution in [2.45, 2.75) is 25.8 Å². The third-order valence-electron chi connectivity index (χ3n) is 4.68. The molecule has 5 nitrogen and oxygen atoms in total. The van der Waals surface area contributed by atoms with Crippen molar-refractivity contribution >= 4 is 11.8 Å². The molecule has 2 amide bonds. The normalized spacial score (nSPS) is 21.9. The molecule has 0 N–H and O–H groups in total. The number of rotatable bonds is 4. The fraction of sp³-hybridized carbons (Fsp3) is 0.556. The molecule has 0 aromatic heterocycles. The monoisotopic (exact) mass is 334 g/mol. The van der Waals surface area contributed by atoms with Gasteiger partial charge in [-0.25, -0.2) is 4.39 Å². The Labute approximate surface area is 141 Å². The molecular formula is C18H23FN2O3. The van der Waals surface area contributed by atoms with Gasteiger partial charge in [0.25, 0.3) is 0 Å². The molecular weight excluding hydrogens is 311 g/mol. The average molecular weight is 334 g/mol. The van der Waals surface area contributed by atoms with Crippen LogP contribution in [0.15, 0.2) is 24.3 Å². The van der Waals surface area contributed by atoms with E-state index in [4.69, 9.17) is 4.74 Å². The maximum atomic E-state index is 12.9. The second-order valence-corrected chi connectivity index (χ2v) is 6.54. The number of ether oxygens (including phenoxy) is 1. The summed E-state index contributed by atoms with van der Waals surface area (Å²) < 4.78 is 18.4. The van der Waals surface area contributed by atoms with Gasteiger partial charge in [-0.05, 0) is 36.5 Å². The van der Waals surface area contributed by atoms with Gasteiger partial charge in [0.15, 0.2) is 0 Å². The van der Waals surface area contributed by atoms with E-state index in [1.807, 2.05) is 0 Å². The number of hydrogen-bond acceptors (Lipinski definition) is 3. The summed E-state index contributed by atoms with van der Waals surface area (Å²) in [6.07, 6.45) is 2.48. The molecule has 24 heavy (non-hydrogen) atoms. The second-order valence-electron chi connectivity index (χ2n) is 6.54. The number of amides is 2. The van der Waals surface area contributed by atoms with E-state index in [2.05, 4.69) is 0 Å². The van der Waals surface area contributed by atoms with E-state index < -0.39 is 0 Å². The molecule has 1 aromatic rings. The molecule has 0 spiro atoms. The predicted molar refractivity (Wildman–Crippen MR) is 86.6 cm³/mol. The van der Waals surface area contributed by atoms with E-state index in [9.17, 15) is 14.0 Å². The first-order valence-electron chi connectivity index (χ1n) is 8.49. The molecule has 0 radical (unpaired) electrons. The van der Waals surface area contributed by atoms with Gasteiger partial charge in [0.1, 0.15) is 5.82 Å². The SMILES string of the molecule is O=C(C[C@H]1CCCOC1)N1CCN(Cc2ccc(F)cc2)C(=O)C1. The van der Waals surface area contributed by atoms with Gasteiger partial charge in [-0.1, -0.05) is 12.1 Å². The summed E-state index contributed by atoms with van der Waals surface area (Å²) in [5.74, 6) is -0.0233. The van der Waals surface area contributed by atoms with Crippen LogP contribution < -0.4 is 0 Å². The Morgan fingerprint density at radius 2 is 2.04 bits per heavy atom. The molecule has 1 aromatic carbocycles. The van der Waals surface area contributed by atoms with Crippen molar-refractivity contribution in [2.75, 3.05) is 32.8 Å². The van der Waals surface area contributed by atoms with Crippen LogP contribution in [0.2, 0.25) is 0 Å². The highest BCUT2D eigenvalue weighted by Gasteiger charge is 2.28. The summed E-state index contributed by atoms with van der Waals surface area (Å²) in [5, 5.41) is 0. The number of carbonyl (C=O) groups is 2. The molecule has 1 atom stereocenters. The first-order chi connectivity index (χ1) is 11.6. The van der Waals surface area contributed by atoms with Crippen molar-refractivity contribution in [3.8, 4) is 0 Å². The molecule has 2 saturated heterocycles.